The first kappa shape index (κ1) is 10.3. The van der Waals surface area contributed by atoms with Gasteiger partial charge in [0.2, 0.25) is 0 Å². The summed E-state index contributed by atoms with van der Waals surface area (Å²) in [4.78, 5) is 12.0. The Morgan fingerprint density at radius 1 is 1.20 bits per heavy atom. The molecule has 1 aromatic rings. The highest BCUT2D eigenvalue weighted by Gasteiger charge is 2.22. The quantitative estimate of drug-likeness (QED) is 0.693. The van der Waals surface area contributed by atoms with Crippen molar-refractivity contribution in [1.29, 1.82) is 0 Å². The number of Topliss-reactive ketones (excluding diaryl/α,β-unsaturated/α-hetero) is 1. The summed E-state index contributed by atoms with van der Waals surface area (Å²) in [5.41, 5.74) is 0.766. The Labute approximate surface area is 89.3 Å². The Balaban J connectivity index is 2.03. The Bertz CT molecular complexity index is 329. The zero-order valence-corrected chi connectivity index (χ0v) is 8.56. The molecule has 3 heteroatoms. The van der Waals surface area contributed by atoms with Gasteiger partial charge in [0.1, 0.15) is 0 Å². The molecular formula is C12H14NO2-. The second-order valence-electron chi connectivity index (χ2n) is 3.93. The van der Waals surface area contributed by atoms with Crippen LogP contribution in [0.1, 0.15) is 23.2 Å². The van der Waals surface area contributed by atoms with E-state index in [2.05, 4.69) is 0 Å². The molecule has 1 heterocycles. The summed E-state index contributed by atoms with van der Waals surface area (Å²) < 4.78 is 0. The number of carbonyl (C=O) groups excluding carboxylic acids is 1. The van der Waals surface area contributed by atoms with Crippen molar-refractivity contribution < 1.29 is 4.79 Å². The van der Waals surface area contributed by atoms with E-state index in [9.17, 15) is 10.0 Å². The fourth-order valence-corrected chi connectivity index (χ4v) is 1.96. The molecule has 0 radical (unpaired) electrons. The molecule has 1 aromatic carbocycles. The van der Waals surface area contributed by atoms with Gasteiger partial charge in [-0.3, -0.25) is 4.79 Å². The molecule has 0 aromatic heterocycles. The SMILES string of the molecule is O=C(c1ccccc1)C1CCN([O-])CC1. The summed E-state index contributed by atoms with van der Waals surface area (Å²) in [5, 5.41) is 12.0. The third kappa shape index (κ3) is 2.43. The number of benzene rings is 1. The Hall–Kier alpha value is -1.19. The van der Waals surface area contributed by atoms with Crippen molar-refractivity contribution in [2.24, 2.45) is 5.92 Å². The van der Waals surface area contributed by atoms with Crippen molar-refractivity contribution in [1.82, 2.24) is 5.06 Å². The van der Waals surface area contributed by atoms with Crippen LogP contribution in [-0.2, 0) is 0 Å². The Kier molecular flexibility index (Phi) is 3.14. The minimum absolute atomic E-state index is 0.0394. The van der Waals surface area contributed by atoms with Crippen LogP contribution in [0.25, 0.3) is 0 Å². The van der Waals surface area contributed by atoms with Gasteiger partial charge in [0.15, 0.2) is 5.78 Å². The first-order valence-electron chi connectivity index (χ1n) is 5.29. The van der Waals surface area contributed by atoms with Crippen molar-refractivity contribution in [2.75, 3.05) is 13.1 Å². The summed E-state index contributed by atoms with van der Waals surface area (Å²) in [6.45, 7) is 0.979. The number of hydrogen-bond donors (Lipinski definition) is 0. The van der Waals surface area contributed by atoms with Crippen LogP contribution in [0.3, 0.4) is 0 Å². The smallest absolute Gasteiger partial charge is 0.166 e. The third-order valence-corrected chi connectivity index (χ3v) is 2.88. The van der Waals surface area contributed by atoms with Gasteiger partial charge in [-0.2, -0.15) is 0 Å². The number of ketones is 1. The number of hydroxylamine groups is 2. The standard InChI is InChI=1S/C12H14NO2/c14-12(10-4-2-1-3-5-10)11-6-8-13(15)9-7-11/h1-5,11H,6-9H2/q-1. The van der Waals surface area contributed by atoms with Crippen LogP contribution < -0.4 is 0 Å². The Morgan fingerprint density at radius 3 is 2.40 bits per heavy atom. The fraction of sp³-hybridized carbons (Fsp3) is 0.417. The molecule has 0 aliphatic carbocycles. The number of carbonyl (C=O) groups is 1. The molecule has 0 N–H and O–H groups in total. The second kappa shape index (κ2) is 4.55. The molecule has 0 unspecified atom stereocenters. The van der Waals surface area contributed by atoms with E-state index in [4.69, 9.17) is 0 Å². The van der Waals surface area contributed by atoms with Gasteiger partial charge < -0.3 is 10.3 Å². The summed E-state index contributed by atoms with van der Waals surface area (Å²) >= 11 is 0. The zero-order chi connectivity index (χ0) is 10.7. The molecule has 0 spiro atoms. The van der Waals surface area contributed by atoms with Gasteiger partial charge in [-0.25, -0.2) is 0 Å². The summed E-state index contributed by atoms with van der Waals surface area (Å²) in [7, 11) is 0. The molecule has 1 saturated heterocycles. The summed E-state index contributed by atoms with van der Waals surface area (Å²) in [6.07, 6.45) is 1.38. The normalized spacial score (nSPS) is 19.0. The lowest BCUT2D eigenvalue weighted by molar-refractivity contribution is 0.0865. The average Bonchev–Trinajstić information content (AvgIpc) is 2.30. The maximum atomic E-state index is 12.0. The number of hydrogen-bond acceptors (Lipinski definition) is 3. The fourth-order valence-electron chi connectivity index (χ4n) is 1.96. The van der Waals surface area contributed by atoms with E-state index in [1.807, 2.05) is 30.3 Å². The van der Waals surface area contributed by atoms with Gasteiger partial charge >= 0.3 is 0 Å². The van der Waals surface area contributed by atoms with Crippen LogP contribution in [0.5, 0.6) is 0 Å². The molecule has 0 atom stereocenters. The predicted octanol–water partition coefficient (Wildman–Crippen LogP) is 2.08. The molecule has 1 fully saturated rings. The van der Waals surface area contributed by atoms with Crippen molar-refractivity contribution in [2.45, 2.75) is 12.8 Å². The average molecular weight is 204 g/mol. The molecule has 0 amide bonds. The van der Waals surface area contributed by atoms with E-state index < -0.39 is 0 Å². The van der Waals surface area contributed by atoms with Gasteiger partial charge in [-0.1, -0.05) is 30.3 Å². The van der Waals surface area contributed by atoms with E-state index in [1.54, 1.807) is 0 Å². The summed E-state index contributed by atoms with van der Waals surface area (Å²) in [6, 6.07) is 9.32. The molecule has 0 bridgehead atoms. The van der Waals surface area contributed by atoms with Crippen LogP contribution in [0, 0.1) is 11.1 Å². The van der Waals surface area contributed by atoms with Crippen molar-refractivity contribution in [3.63, 3.8) is 0 Å². The molecule has 3 nitrogen and oxygen atoms in total. The minimum Gasteiger partial charge on any atom is -0.785 e. The first-order chi connectivity index (χ1) is 7.27. The number of piperidine rings is 1. The number of nitrogens with zero attached hydrogens (tertiary/aromatic N) is 1. The first-order valence-corrected chi connectivity index (χ1v) is 5.29. The Morgan fingerprint density at radius 2 is 1.80 bits per heavy atom. The molecule has 1 aliphatic rings. The van der Waals surface area contributed by atoms with Gasteiger partial charge in [-0.15, -0.1) is 0 Å². The molecular weight excluding hydrogens is 190 g/mol. The predicted molar refractivity (Wildman–Crippen MR) is 58.4 cm³/mol. The molecule has 1 aliphatic heterocycles. The van der Waals surface area contributed by atoms with Crippen LogP contribution in [-0.4, -0.2) is 23.9 Å². The van der Waals surface area contributed by atoms with Crippen LogP contribution in [0.4, 0.5) is 0 Å². The molecule has 15 heavy (non-hydrogen) atoms. The summed E-state index contributed by atoms with van der Waals surface area (Å²) in [5.74, 6) is 0.223. The molecule has 80 valence electrons. The molecule has 2 rings (SSSR count). The van der Waals surface area contributed by atoms with Crippen molar-refractivity contribution >= 4 is 5.78 Å². The lowest BCUT2D eigenvalue weighted by atomic mass is 9.89. The zero-order valence-electron chi connectivity index (χ0n) is 8.56. The van der Waals surface area contributed by atoms with E-state index in [0.29, 0.717) is 25.9 Å². The van der Waals surface area contributed by atoms with E-state index in [0.717, 1.165) is 10.6 Å². The van der Waals surface area contributed by atoms with Gasteiger partial charge in [0, 0.05) is 11.5 Å². The largest absolute Gasteiger partial charge is 0.785 e. The molecule has 0 saturated carbocycles. The van der Waals surface area contributed by atoms with E-state index in [-0.39, 0.29) is 11.7 Å². The van der Waals surface area contributed by atoms with Crippen molar-refractivity contribution in [3.8, 4) is 0 Å². The van der Waals surface area contributed by atoms with Crippen LogP contribution in [0.15, 0.2) is 30.3 Å². The van der Waals surface area contributed by atoms with E-state index in [1.165, 1.54) is 0 Å². The minimum atomic E-state index is 0.0394. The van der Waals surface area contributed by atoms with Crippen LogP contribution in [0.2, 0.25) is 0 Å². The van der Waals surface area contributed by atoms with Gasteiger partial charge in [0.05, 0.1) is 0 Å². The lowest BCUT2D eigenvalue weighted by Crippen LogP contribution is -2.32. The monoisotopic (exact) mass is 204 g/mol. The van der Waals surface area contributed by atoms with Crippen LogP contribution >= 0.6 is 0 Å². The lowest BCUT2D eigenvalue weighted by Gasteiger charge is -2.35. The highest BCUT2D eigenvalue weighted by Crippen LogP contribution is 2.20. The highest BCUT2D eigenvalue weighted by atomic mass is 16.5. The van der Waals surface area contributed by atoms with Gasteiger partial charge in [0.25, 0.3) is 0 Å². The van der Waals surface area contributed by atoms with Crippen molar-refractivity contribution in [3.05, 3.63) is 41.1 Å². The second-order valence-corrected chi connectivity index (χ2v) is 3.93. The maximum Gasteiger partial charge on any atom is 0.166 e. The van der Waals surface area contributed by atoms with E-state index >= 15 is 0 Å². The highest BCUT2D eigenvalue weighted by molar-refractivity contribution is 5.97. The van der Waals surface area contributed by atoms with Gasteiger partial charge in [-0.05, 0) is 25.9 Å². The number of rotatable bonds is 2. The third-order valence-electron chi connectivity index (χ3n) is 2.88. The topological polar surface area (TPSA) is 43.4 Å². The maximum absolute atomic E-state index is 12.0.